The molecule has 0 N–H and O–H groups in total. The van der Waals surface area contributed by atoms with Crippen molar-refractivity contribution in [2.24, 2.45) is 11.8 Å². The summed E-state index contributed by atoms with van der Waals surface area (Å²) in [6.45, 7) is 3.04. The smallest absolute Gasteiger partial charge is 0.373 e. The van der Waals surface area contributed by atoms with Crippen LogP contribution >= 0.6 is 0 Å². The van der Waals surface area contributed by atoms with E-state index in [9.17, 15) is 17.6 Å². The van der Waals surface area contributed by atoms with Gasteiger partial charge in [0, 0.05) is 5.92 Å². The molecule has 156 valence electrons. The van der Waals surface area contributed by atoms with Crippen LogP contribution in [0.5, 0.6) is 0 Å². The van der Waals surface area contributed by atoms with Gasteiger partial charge in [-0.15, -0.1) is 0 Å². The van der Waals surface area contributed by atoms with Gasteiger partial charge in [-0.25, -0.2) is 4.39 Å². The molecule has 1 heterocycles. The van der Waals surface area contributed by atoms with Gasteiger partial charge >= 0.3 is 6.18 Å². The summed E-state index contributed by atoms with van der Waals surface area (Å²) in [6.07, 6.45) is 2.49. The van der Waals surface area contributed by atoms with Gasteiger partial charge in [0.25, 0.3) is 0 Å². The van der Waals surface area contributed by atoms with Crippen LogP contribution in [0.2, 0.25) is 0 Å². The Balaban J connectivity index is 1.52. The highest BCUT2D eigenvalue weighted by Crippen LogP contribution is 2.40. The van der Waals surface area contributed by atoms with Crippen molar-refractivity contribution in [3.63, 3.8) is 0 Å². The van der Waals surface area contributed by atoms with Crippen molar-refractivity contribution in [3.05, 3.63) is 47.3 Å². The Morgan fingerprint density at radius 2 is 1.64 bits per heavy atom. The van der Waals surface area contributed by atoms with Gasteiger partial charge < -0.3 is 4.74 Å². The zero-order valence-electron chi connectivity index (χ0n) is 16.5. The number of rotatable bonds is 5. The van der Waals surface area contributed by atoms with Crippen LogP contribution in [0.1, 0.15) is 81.4 Å². The molecule has 2 aliphatic rings. The Hall–Kier alpha value is -1.36. The first-order valence-electron chi connectivity index (χ1n) is 10.5. The van der Waals surface area contributed by atoms with E-state index in [2.05, 4.69) is 31.2 Å². The molecule has 2 unspecified atom stereocenters. The molecule has 2 fully saturated rings. The lowest BCUT2D eigenvalue weighted by Crippen LogP contribution is -2.20. The second kappa shape index (κ2) is 9.43. The summed E-state index contributed by atoms with van der Waals surface area (Å²) < 4.78 is 56.8. The van der Waals surface area contributed by atoms with E-state index in [0.29, 0.717) is 24.7 Å². The van der Waals surface area contributed by atoms with Crippen LogP contribution < -0.4 is 0 Å². The highest BCUT2D eigenvalue weighted by molar-refractivity contribution is 5.27. The largest absolute Gasteiger partial charge is 0.412 e. The lowest BCUT2D eigenvalue weighted by molar-refractivity contribution is -0.0820. The van der Waals surface area contributed by atoms with Crippen LogP contribution in [0.3, 0.4) is 0 Å². The van der Waals surface area contributed by atoms with E-state index in [4.69, 9.17) is 4.74 Å². The summed E-state index contributed by atoms with van der Waals surface area (Å²) in [5.41, 5.74) is 2.40. The molecule has 5 heteroatoms. The van der Waals surface area contributed by atoms with Crippen LogP contribution in [0, 0.1) is 11.8 Å². The van der Waals surface area contributed by atoms with Gasteiger partial charge in [0.2, 0.25) is 0 Å². The molecule has 3 rings (SSSR count). The molecule has 1 nitrogen and oxygen atoms in total. The number of halogens is 4. The minimum absolute atomic E-state index is 0.166. The summed E-state index contributed by atoms with van der Waals surface area (Å²) in [5.74, 6) is -0.631. The number of allylic oxidation sites excluding steroid dienone is 2. The molecule has 0 aromatic heterocycles. The summed E-state index contributed by atoms with van der Waals surface area (Å²) in [4.78, 5) is 0. The van der Waals surface area contributed by atoms with Gasteiger partial charge in [0.05, 0.1) is 18.8 Å². The fraction of sp³-hybridized carbons (Fsp3) is 0.652. The Labute approximate surface area is 165 Å². The SMILES string of the molecule is CCCC1CCC(c2ccc(C3CCC(C(F)=CC(F)(F)F)CC3)cc2)OC1. The first-order valence-corrected chi connectivity index (χ1v) is 10.5. The number of benzene rings is 1. The van der Waals surface area contributed by atoms with E-state index < -0.39 is 17.9 Å². The second-order valence-corrected chi connectivity index (χ2v) is 8.34. The second-order valence-electron chi connectivity index (χ2n) is 8.34. The predicted molar refractivity (Wildman–Crippen MR) is 103 cm³/mol. The maximum atomic E-state index is 13.8. The van der Waals surface area contributed by atoms with Crippen molar-refractivity contribution in [1.29, 1.82) is 0 Å². The molecule has 0 bridgehead atoms. The Bertz CT molecular complexity index is 634. The van der Waals surface area contributed by atoms with E-state index >= 15 is 0 Å². The maximum absolute atomic E-state index is 13.8. The van der Waals surface area contributed by atoms with Crippen LogP contribution in [-0.4, -0.2) is 12.8 Å². The minimum atomic E-state index is -4.57. The van der Waals surface area contributed by atoms with Crippen molar-refractivity contribution in [2.45, 2.75) is 76.5 Å². The van der Waals surface area contributed by atoms with Gasteiger partial charge in [-0.1, -0.05) is 37.6 Å². The topological polar surface area (TPSA) is 9.23 Å². The van der Waals surface area contributed by atoms with Gasteiger partial charge in [-0.05, 0) is 67.9 Å². The van der Waals surface area contributed by atoms with E-state index in [1.807, 2.05) is 0 Å². The molecule has 1 saturated heterocycles. The maximum Gasteiger partial charge on any atom is 0.412 e. The van der Waals surface area contributed by atoms with E-state index in [1.165, 1.54) is 30.4 Å². The summed E-state index contributed by atoms with van der Waals surface area (Å²) in [6, 6.07) is 8.47. The molecule has 0 spiro atoms. The summed E-state index contributed by atoms with van der Waals surface area (Å²) in [7, 11) is 0. The van der Waals surface area contributed by atoms with Gasteiger partial charge in [0.1, 0.15) is 5.83 Å². The average molecular weight is 398 g/mol. The molecule has 28 heavy (non-hydrogen) atoms. The fourth-order valence-electron chi connectivity index (χ4n) is 4.66. The standard InChI is InChI=1S/C23H30F4O/c1-2-3-16-4-13-22(28-15-16)20-11-7-18(8-12-20)17-5-9-19(10-6-17)21(24)14-23(25,26)27/h7-8,11-12,14,16-17,19,22H,2-6,9-10,13,15H2,1H3. The lowest BCUT2D eigenvalue weighted by Gasteiger charge is -2.30. The first-order chi connectivity index (χ1) is 13.4. The third-order valence-corrected chi connectivity index (χ3v) is 6.27. The van der Waals surface area contributed by atoms with Crippen LogP contribution in [0.15, 0.2) is 36.2 Å². The Morgan fingerprint density at radius 3 is 2.18 bits per heavy atom. The van der Waals surface area contributed by atoms with Crippen molar-refractivity contribution in [2.75, 3.05) is 6.61 Å². The Kier molecular flexibility index (Phi) is 7.19. The van der Waals surface area contributed by atoms with Gasteiger partial charge in [-0.2, -0.15) is 13.2 Å². The molecule has 0 amide bonds. The van der Waals surface area contributed by atoms with Crippen LogP contribution in [0.25, 0.3) is 0 Å². The molecule has 0 radical (unpaired) electrons. The molecule has 1 aliphatic carbocycles. The number of hydrogen-bond donors (Lipinski definition) is 0. The highest BCUT2D eigenvalue weighted by atomic mass is 19.4. The zero-order chi connectivity index (χ0) is 20.1. The Morgan fingerprint density at radius 1 is 1.00 bits per heavy atom. The van der Waals surface area contributed by atoms with Crippen LogP contribution in [0.4, 0.5) is 17.6 Å². The summed E-state index contributed by atoms with van der Waals surface area (Å²) >= 11 is 0. The van der Waals surface area contributed by atoms with Gasteiger partial charge in [0.15, 0.2) is 0 Å². The van der Waals surface area contributed by atoms with Crippen molar-refractivity contribution in [1.82, 2.24) is 0 Å². The molecule has 1 aromatic rings. The van der Waals surface area contributed by atoms with Crippen LogP contribution in [-0.2, 0) is 4.74 Å². The van der Waals surface area contributed by atoms with E-state index in [-0.39, 0.29) is 12.2 Å². The average Bonchev–Trinajstić information content (AvgIpc) is 2.68. The van der Waals surface area contributed by atoms with Crippen molar-refractivity contribution < 1.29 is 22.3 Å². The quantitative estimate of drug-likeness (QED) is 0.463. The minimum Gasteiger partial charge on any atom is -0.373 e. The van der Waals surface area contributed by atoms with Crippen molar-refractivity contribution >= 4 is 0 Å². The first kappa shape index (κ1) is 21.4. The van der Waals surface area contributed by atoms with E-state index in [0.717, 1.165) is 25.9 Å². The molecule has 1 saturated carbocycles. The number of hydrogen-bond acceptors (Lipinski definition) is 1. The van der Waals surface area contributed by atoms with E-state index in [1.54, 1.807) is 0 Å². The molecular weight excluding hydrogens is 368 g/mol. The zero-order valence-corrected chi connectivity index (χ0v) is 16.5. The monoisotopic (exact) mass is 398 g/mol. The molecule has 1 aliphatic heterocycles. The lowest BCUT2D eigenvalue weighted by atomic mass is 9.78. The fourth-order valence-corrected chi connectivity index (χ4v) is 4.66. The molecule has 1 aromatic carbocycles. The highest BCUT2D eigenvalue weighted by Gasteiger charge is 2.31. The van der Waals surface area contributed by atoms with Gasteiger partial charge in [-0.3, -0.25) is 0 Å². The summed E-state index contributed by atoms with van der Waals surface area (Å²) in [5, 5.41) is 0. The van der Waals surface area contributed by atoms with Crippen molar-refractivity contribution in [3.8, 4) is 0 Å². The third-order valence-electron chi connectivity index (χ3n) is 6.27. The molecule has 2 atom stereocenters. The number of ether oxygens (including phenoxy) is 1. The normalized spacial score (nSPS) is 29.7. The predicted octanol–water partition coefficient (Wildman–Crippen LogP) is 7.64. The number of alkyl halides is 3. The molecular formula is C23H30F4O. The third kappa shape index (κ3) is 5.82.